The maximum atomic E-state index is 12.6. The van der Waals surface area contributed by atoms with Gasteiger partial charge in [0.1, 0.15) is 0 Å². The number of rotatable bonds is 14. The fraction of sp³-hybridized carbons (Fsp3) is 0.500. The highest BCUT2D eigenvalue weighted by molar-refractivity contribution is 5.79. The lowest BCUT2D eigenvalue weighted by molar-refractivity contribution is -0.137. The molecule has 6 heteroatoms. The standard InChI is InChI=1S/C26H35F3N3/c1-3-16-32(17-4-2)18-6-5-15-30-19-22-7-9-23(10-8-22)20-31-21-24-11-13-25(14-12-24)26(27,28)29/h7-14,21H,3-6,15-20H2,1-2H3. The molecule has 0 saturated heterocycles. The van der Waals surface area contributed by atoms with Crippen LogP contribution in [0.2, 0.25) is 0 Å². The zero-order chi connectivity index (χ0) is 23.2. The van der Waals surface area contributed by atoms with Gasteiger partial charge in [-0.1, -0.05) is 50.2 Å². The summed E-state index contributed by atoms with van der Waals surface area (Å²) in [5.74, 6) is 0. The first-order chi connectivity index (χ1) is 15.4. The average molecular weight is 447 g/mol. The largest absolute Gasteiger partial charge is 0.416 e. The monoisotopic (exact) mass is 446 g/mol. The Kier molecular flexibility index (Phi) is 11.5. The molecule has 2 rings (SSSR count). The van der Waals surface area contributed by atoms with Gasteiger partial charge >= 0.3 is 6.18 Å². The van der Waals surface area contributed by atoms with E-state index in [1.54, 1.807) is 6.21 Å². The van der Waals surface area contributed by atoms with Crippen molar-refractivity contribution in [2.45, 2.75) is 58.8 Å². The van der Waals surface area contributed by atoms with Crippen LogP contribution < -0.4 is 5.32 Å². The van der Waals surface area contributed by atoms with E-state index >= 15 is 0 Å². The number of halogens is 3. The highest BCUT2D eigenvalue weighted by Crippen LogP contribution is 2.28. The zero-order valence-electron chi connectivity index (χ0n) is 19.2. The van der Waals surface area contributed by atoms with Crippen molar-refractivity contribution < 1.29 is 13.2 Å². The molecular formula is C26H35F3N3. The first-order valence-electron chi connectivity index (χ1n) is 11.5. The van der Waals surface area contributed by atoms with Crippen LogP contribution >= 0.6 is 0 Å². The van der Waals surface area contributed by atoms with Gasteiger partial charge in [-0.25, -0.2) is 5.32 Å². The molecule has 0 N–H and O–H groups in total. The van der Waals surface area contributed by atoms with Gasteiger partial charge in [0.2, 0.25) is 0 Å². The van der Waals surface area contributed by atoms with E-state index in [1.165, 1.54) is 56.6 Å². The van der Waals surface area contributed by atoms with Gasteiger partial charge in [0.05, 0.1) is 12.1 Å². The highest BCUT2D eigenvalue weighted by Gasteiger charge is 2.29. The molecule has 0 unspecified atom stereocenters. The summed E-state index contributed by atoms with van der Waals surface area (Å²) in [5.41, 5.74) is 2.24. The lowest BCUT2D eigenvalue weighted by Gasteiger charge is -2.20. The van der Waals surface area contributed by atoms with Gasteiger partial charge < -0.3 is 4.90 Å². The average Bonchev–Trinajstić information content (AvgIpc) is 2.77. The smallest absolute Gasteiger partial charge is 0.303 e. The lowest BCUT2D eigenvalue weighted by atomic mass is 10.1. The first-order valence-corrected chi connectivity index (χ1v) is 11.5. The molecule has 2 aromatic carbocycles. The van der Waals surface area contributed by atoms with Crippen LogP contribution in [0.25, 0.3) is 0 Å². The zero-order valence-corrected chi connectivity index (χ0v) is 19.2. The number of benzene rings is 2. The van der Waals surface area contributed by atoms with Crippen LogP contribution in [0.3, 0.4) is 0 Å². The number of unbranched alkanes of at least 4 members (excludes halogenated alkanes) is 1. The van der Waals surface area contributed by atoms with Gasteiger partial charge in [-0.3, -0.25) is 4.99 Å². The van der Waals surface area contributed by atoms with Crippen LogP contribution in [-0.2, 0) is 19.3 Å². The Labute approximate surface area is 190 Å². The van der Waals surface area contributed by atoms with Crippen LogP contribution in [0, 0.1) is 0 Å². The lowest BCUT2D eigenvalue weighted by Crippen LogP contribution is -2.26. The normalized spacial score (nSPS) is 12.2. The van der Waals surface area contributed by atoms with Crippen molar-refractivity contribution in [3.8, 4) is 0 Å². The van der Waals surface area contributed by atoms with Crippen LogP contribution in [-0.4, -0.2) is 37.3 Å². The minimum atomic E-state index is -4.31. The third-order valence-corrected chi connectivity index (χ3v) is 5.19. The molecule has 0 aliphatic heterocycles. The summed E-state index contributed by atoms with van der Waals surface area (Å²) in [4.78, 5) is 6.88. The molecule has 0 fully saturated rings. The molecule has 0 aliphatic rings. The van der Waals surface area contributed by atoms with Gasteiger partial charge in [0.25, 0.3) is 0 Å². The third kappa shape index (κ3) is 9.96. The number of nitrogens with zero attached hydrogens (tertiary/aromatic N) is 3. The topological polar surface area (TPSA) is 29.7 Å². The third-order valence-electron chi connectivity index (χ3n) is 5.19. The van der Waals surface area contributed by atoms with Crippen molar-refractivity contribution in [1.82, 2.24) is 10.2 Å². The summed E-state index contributed by atoms with van der Waals surface area (Å²) in [6.07, 6.45) is 2.03. The second-order valence-corrected chi connectivity index (χ2v) is 8.06. The van der Waals surface area contributed by atoms with Crippen LogP contribution in [0.5, 0.6) is 0 Å². The van der Waals surface area contributed by atoms with E-state index in [0.717, 1.165) is 37.2 Å². The summed E-state index contributed by atoms with van der Waals surface area (Å²) in [7, 11) is 0. The van der Waals surface area contributed by atoms with Crippen molar-refractivity contribution in [2.75, 3.05) is 26.2 Å². The Morgan fingerprint density at radius 3 is 1.94 bits per heavy atom. The van der Waals surface area contributed by atoms with E-state index in [-0.39, 0.29) is 0 Å². The van der Waals surface area contributed by atoms with Crippen molar-refractivity contribution in [3.05, 3.63) is 70.8 Å². The van der Waals surface area contributed by atoms with E-state index in [2.05, 4.69) is 41.2 Å². The van der Waals surface area contributed by atoms with Crippen molar-refractivity contribution in [3.63, 3.8) is 0 Å². The number of aliphatic imine (C=N–C) groups is 1. The predicted molar refractivity (Wildman–Crippen MR) is 126 cm³/mol. The maximum absolute atomic E-state index is 12.6. The predicted octanol–water partition coefficient (Wildman–Crippen LogP) is 6.33. The van der Waals surface area contributed by atoms with Crippen molar-refractivity contribution in [1.29, 1.82) is 0 Å². The molecule has 0 heterocycles. The molecule has 1 radical (unpaired) electrons. The summed E-state index contributed by atoms with van der Waals surface area (Å²) >= 11 is 0. The van der Waals surface area contributed by atoms with E-state index in [9.17, 15) is 13.2 Å². The van der Waals surface area contributed by atoms with E-state index in [1.807, 2.05) is 12.1 Å². The molecule has 0 saturated carbocycles. The number of alkyl halides is 3. The second kappa shape index (κ2) is 14.1. The SMILES string of the molecule is CCCN(CCC)CCCC[N]Cc1ccc(CN=Cc2ccc(C(F)(F)F)cc2)cc1. The molecule has 0 aromatic heterocycles. The Morgan fingerprint density at radius 2 is 1.38 bits per heavy atom. The quantitative estimate of drug-likeness (QED) is 0.246. The Morgan fingerprint density at radius 1 is 0.781 bits per heavy atom. The van der Waals surface area contributed by atoms with Gasteiger partial charge in [-0.05, 0) is 74.1 Å². The molecule has 0 bridgehead atoms. The van der Waals surface area contributed by atoms with Gasteiger partial charge in [-0.2, -0.15) is 13.2 Å². The van der Waals surface area contributed by atoms with Crippen molar-refractivity contribution >= 4 is 6.21 Å². The number of hydrogen-bond acceptors (Lipinski definition) is 2. The van der Waals surface area contributed by atoms with E-state index < -0.39 is 11.7 Å². The molecule has 0 spiro atoms. The summed E-state index contributed by atoms with van der Waals surface area (Å²) < 4.78 is 37.8. The molecule has 175 valence electrons. The van der Waals surface area contributed by atoms with Gasteiger partial charge in [-0.15, -0.1) is 0 Å². The fourth-order valence-electron chi connectivity index (χ4n) is 3.50. The molecule has 0 amide bonds. The van der Waals surface area contributed by atoms with Gasteiger partial charge in [0, 0.05) is 19.3 Å². The molecule has 0 aliphatic carbocycles. The highest BCUT2D eigenvalue weighted by atomic mass is 19.4. The van der Waals surface area contributed by atoms with E-state index in [0.29, 0.717) is 12.1 Å². The second-order valence-electron chi connectivity index (χ2n) is 8.06. The molecule has 3 nitrogen and oxygen atoms in total. The molecular weight excluding hydrogens is 411 g/mol. The number of hydrogen-bond donors (Lipinski definition) is 0. The van der Waals surface area contributed by atoms with Crippen LogP contribution in [0.15, 0.2) is 53.5 Å². The molecule has 2 aromatic rings. The Balaban J connectivity index is 1.66. The summed E-state index contributed by atoms with van der Waals surface area (Å²) in [6.45, 7) is 10.1. The minimum absolute atomic E-state index is 0.491. The summed E-state index contributed by atoms with van der Waals surface area (Å²) in [6, 6.07) is 13.2. The first kappa shape index (κ1) is 26.1. The molecule has 32 heavy (non-hydrogen) atoms. The maximum Gasteiger partial charge on any atom is 0.416 e. The van der Waals surface area contributed by atoms with Gasteiger partial charge in [0.15, 0.2) is 0 Å². The van der Waals surface area contributed by atoms with Crippen molar-refractivity contribution in [2.24, 2.45) is 4.99 Å². The fourth-order valence-corrected chi connectivity index (χ4v) is 3.50. The summed E-state index contributed by atoms with van der Waals surface area (Å²) in [5, 5.41) is 4.66. The van der Waals surface area contributed by atoms with Crippen LogP contribution in [0.4, 0.5) is 13.2 Å². The molecule has 0 atom stereocenters. The Hall–Kier alpha value is -2.18. The minimum Gasteiger partial charge on any atom is -0.303 e. The Bertz CT molecular complexity index is 777. The van der Waals surface area contributed by atoms with Crippen LogP contribution in [0.1, 0.15) is 61.8 Å². The van der Waals surface area contributed by atoms with E-state index in [4.69, 9.17) is 0 Å².